The van der Waals surface area contributed by atoms with Crippen molar-refractivity contribution in [2.24, 2.45) is 5.92 Å². The highest BCUT2D eigenvalue weighted by atomic mass is 16.7. The number of methoxy groups -OCH3 is 2. The molecule has 0 aliphatic carbocycles. The number of carbonyl (C=O) groups is 1. The lowest BCUT2D eigenvalue weighted by Gasteiger charge is -2.30. The number of nitrogens with one attached hydrogen (secondary N) is 2. The van der Waals surface area contributed by atoms with Crippen molar-refractivity contribution in [1.29, 1.82) is 0 Å². The van der Waals surface area contributed by atoms with Crippen molar-refractivity contribution in [3.63, 3.8) is 0 Å². The first-order valence-electron chi connectivity index (χ1n) is 6.71. The minimum atomic E-state index is -0.403. The van der Waals surface area contributed by atoms with Crippen LogP contribution in [0.1, 0.15) is 33.1 Å². The van der Waals surface area contributed by atoms with Crippen LogP contribution in [0.3, 0.4) is 0 Å². The van der Waals surface area contributed by atoms with Crippen molar-refractivity contribution in [3.05, 3.63) is 0 Å². The Morgan fingerprint density at radius 2 is 2.11 bits per heavy atom. The molecule has 3 atom stereocenters. The first-order chi connectivity index (χ1) is 8.62. The molecule has 2 N–H and O–H groups in total. The molecule has 1 aliphatic rings. The third-order valence-electron chi connectivity index (χ3n) is 3.65. The zero-order chi connectivity index (χ0) is 13.5. The zero-order valence-electron chi connectivity index (χ0n) is 11.9. The van der Waals surface area contributed by atoms with Gasteiger partial charge in [0.15, 0.2) is 6.29 Å². The maximum Gasteiger partial charge on any atom is 0.237 e. The van der Waals surface area contributed by atoms with Gasteiger partial charge in [-0.15, -0.1) is 0 Å². The molecule has 3 unspecified atom stereocenters. The molecule has 0 aromatic rings. The van der Waals surface area contributed by atoms with E-state index in [1.54, 1.807) is 14.2 Å². The molecule has 1 rings (SSSR count). The molecule has 1 saturated heterocycles. The predicted molar refractivity (Wildman–Crippen MR) is 70.2 cm³/mol. The quantitative estimate of drug-likeness (QED) is 0.695. The Morgan fingerprint density at radius 3 is 2.67 bits per heavy atom. The molecular formula is C13H26N2O3. The lowest BCUT2D eigenvalue weighted by atomic mass is 9.90. The van der Waals surface area contributed by atoms with Gasteiger partial charge in [0, 0.05) is 14.2 Å². The monoisotopic (exact) mass is 258 g/mol. The summed E-state index contributed by atoms with van der Waals surface area (Å²) in [6.45, 7) is 4.98. The van der Waals surface area contributed by atoms with E-state index in [0.717, 1.165) is 25.8 Å². The third-order valence-corrected chi connectivity index (χ3v) is 3.65. The van der Waals surface area contributed by atoms with Gasteiger partial charge in [-0.3, -0.25) is 4.79 Å². The summed E-state index contributed by atoms with van der Waals surface area (Å²) in [5.74, 6) is 0.692. The number of hydrogen-bond acceptors (Lipinski definition) is 4. The summed E-state index contributed by atoms with van der Waals surface area (Å²) in [7, 11) is 3.14. The number of amides is 1. The van der Waals surface area contributed by atoms with Crippen LogP contribution in [0.5, 0.6) is 0 Å². The van der Waals surface area contributed by atoms with Gasteiger partial charge in [0.2, 0.25) is 5.91 Å². The van der Waals surface area contributed by atoms with Crippen LogP contribution in [-0.2, 0) is 14.3 Å². The summed E-state index contributed by atoms with van der Waals surface area (Å²) in [6, 6.07) is -0.239. The highest BCUT2D eigenvalue weighted by molar-refractivity contribution is 5.82. The number of rotatable bonds is 6. The Kier molecular flexibility index (Phi) is 6.60. The lowest BCUT2D eigenvalue weighted by Crippen LogP contribution is -2.53. The second-order valence-electron chi connectivity index (χ2n) is 4.94. The molecule has 1 heterocycles. The Balaban J connectivity index is 2.44. The Labute approximate surface area is 110 Å². The van der Waals surface area contributed by atoms with E-state index in [0.29, 0.717) is 5.92 Å². The van der Waals surface area contributed by atoms with E-state index in [1.165, 1.54) is 0 Å². The zero-order valence-corrected chi connectivity index (χ0v) is 11.9. The molecule has 0 bridgehead atoms. The van der Waals surface area contributed by atoms with Crippen LogP contribution >= 0.6 is 0 Å². The largest absolute Gasteiger partial charge is 0.354 e. The summed E-state index contributed by atoms with van der Waals surface area (Å²) >= 11 is 0. The fourth-order valence-corrected chi connectivity index (χ4v) is 2.46. The maximum absolute atomic E-state index is 12.1. The van der Waals surface area contributed by atoms with E-state index in [2.05, 4.69) is 17.6 Å². The second kappa shape index (κ2) is 7.71. The SMILES string of the molecule is CCC1CCNC(C(=O)NC(C)C(OC)OC)C1. The van der Waals surface area contributed by atoms with Gasteiger partial charge in [-0.1, -0.05) is 13.3 Å². The van der Waals surface area contributed by atoms with Gasteiger partial charge in [0.1, 0.15) is 0 Å². The standard InChI is InChI=1S/C13H26N2O3/c1-5-10-6-7-14-11(8-10)12(16)15-9(2)13(17-3)18-4/h9-11,13-14H,5-8H2,1-4H3,(H,15,16). The topological polar surface area (TPSA) is 59.6 Å². The van der Waals surface area contributed by atoms with Crippen LogP contribution < -0.4 is 10.6 Å². The van der Waals surface area contributed by atoms with Crippen molar-refractivity contribution >= 4 is 5.91 Å². The smallest absolute Gasteiger partial charge is 0.237 e. The number of piperidine rings is 1. The van der Waals surface area contributed by atoms with Gasteiger partial charge in [-0.2, -0.15) is 0 Å². The molecule has 18 heavy (non-hydrogen) atoms. The van der Waals surface area contributed by atoms with Crippen LogP contribution in [0.2, 0.25) is 0 Å². The minimum Gasteiger partial charge on any atom is -0.354 e. The first-order valence-corrected chi connectivity index (χ1v) is 6.71. The Bertz CT molecular complexity index is 257. The summed E-state index contributed by atoms with van der Waals surface area (Å²) in [5, 5.41) is 6.21. The molecule has 106 valence electrons. The number of hydrogen-bond donors (Lipinski definition) is 2. The minimum absolute atomic E-state index is 0.0414. The van der Waals surface area contributed by atoms with Crippen molar-refractivity contribution in [2.45, 2.75) is 51.5 Å². The molecule has 1 fully saturated rings. The molecule has 0 saturated carbocycles. The normalized spacial score (nSPS) is 26.1. The molecule has 5 nitrogen and oxygen atoms in total. The van der Waals surface area contributed by atoms with Crippen LogP contribution in [0.4, 0.5) is 0 Å². The highest BCUT2D eigenvalue weighted by Gasteiger charge is 2.28. The highest BCUT2D eigenvalue weighted by Crippen LogP contribution is 2.19. The van der Waals surface area contributed by atoms with E-state index >= 15 is 0 Å². The van der Waals surface area contributed by atoms with Crippen molar-refractivity contribution in [1.82, 2.24) is 10.6 Å². The van der Waals surface area contributed by atoms with Crippen LogP contribution in [0, 0.1) is 5.92 Å². The van der Waals surface area contributed by atoms with E-state index in [1.807, 2.05) is 6.92 Å². The molecule has 0 radical (unpaired) electrons. The summed E-state index contributed by atoms with van der Waals surface area (Å²) in [5.41, 5.74) is 0. The van der Waals surface area contributed by atoms with Gasteiger partial charge in [0.05, 0.1) is 12.1 Å². The second-order valence-corrected chi connectivity index (χ2v) is 4.94. The molecule has 0 aromatic heterocycles. The Hall–Kier alpha value is -0.650. The van der Waals surface area contributed by atoms with E-state index in [-0.39, 0.29) is 18.0 Å². The average molecular weight is 258 g/mol. The van der Waals surface area contributed by atoms with Crippen LogP contribution in [0.15, 0.2) is 0 Å². The molecule has 1 aliphatic heterocycles. The molecule has 1 amide bonds. The third kappa shape index (κ3) is 4.23. The van der Waals surface area contributed by atoms with Crippen LogP contribution in [0.25, 0.3) is 0 Å². The molecule has 0 spiro atoms. The van der Waals surface area contributed by atoms with Crippen molar-refractivity contribution < 1.29 is 14.3 Å². The average Bonchev–Trinajstić information content (AvgIpc) is 2.40. The van der Waals surface area contributed by atoms with Crippen molar-refractivity contribution in [2.75, 3.05) is 20.8 Å². The van der Waals surface area contributed by atoms with Crippen molar-refractivity contribution in [3.8, 4) is 0 Å². The van der Waals surface area contributed by atoms with Gasteiger partial charge < -0.3 is 20.1 Å². The first kappa shape index (κ1) is 15.4. The number of carbonyl (C=O) groups excluding carboxylic acids is 1. The van der Waals surface area contributed by atoms with Gasteiger partial charge >= 0.3 is 0 Å². The van der Waals surface area contributed by atoms with E-state index in [4.69, 9.17) is 9.47 Å². The fraction of sp³-hybridized carbons (Fsp3) is 0.923. The van der Waals surface area contributed by atoms with Gasteiger partial charge in [-0.25, -0.2) is 0 Å². The Morgan fingerprint density at radius 1 is 1.44 bits per heavy atom. The summed E-state index contributed by atoms with van der Waals surface area (Å²) in [6.07, 6.45) is 2.81. The van der Waals surface area contributed by atoms with E-state index < -0.39 is 6.29 Å². The summed E-state index contributed by atoms with van der Waals surface area (Å²) < 4.78 is 10.3. The van der Waals surface area contributed by atoms with E-state index in [9.17, 15) is 4.79 Å². The van der Waals surface area contributed by atoms with Crippen LogP contribution in [-0.4, -0.2) is 45.0 Å². The molecule has 0 aromatic carbocycles. The predicted octanol–water partition coefficient (Wildman–Crippen LogP) is 0.888. The fourth-order valence-electron chi connectivity index (χ4n) is 2.46. The summed E-state index contributed by atoms with van der Waals surface area (Å²) in [4.78, 5) is 12.1. The lowest BCUT2D eigenvalue weighted by molar-refractivity contribution is -0.137. The van der Waals surface area contributed by atoms with Gasteiger partial charge in [0.25, 0.3) is 0 Å². The van der Waals surface area contributed by atoms with Gasteiger partial charge in [-0.05, 0) is 32.2 Å². The molecule has 5 heteroatoms. The number of ether oxygens (including phenoxy) is 2. The molecular weight excluding hydrogens is 232 g/mol. The maximum atomic E-state index is 12.1.